The zero-order valence-electron chi connectivity index (χ0n) is 19.8. The zero-order valence-corrected chi connectivity index (χ0v) is 19.8. The summed E-state index contributed by atoms with van der Waals surface area (Å²) >= 11 is 0. The third kappa shape index (κ3) is 5.63. The minimum atomic E-state index is -0.0908. The summed E-state index contributed by atoms with van der Waals surface area (Å²) in [7, 11) is 4.91. The molecule has 3 atom stereocenters. The molecule has 1 N–H and O–H groups in total. The highest BCUT2D eigenvalue weighted by Gasteiger charge is 2.29. The van der Waals surface area contributed by atoms with E-state index in [1.165, 1.54) is 19.3 Å². The Balaban J connectivity index is 1.54. The van der Waals surface area contributed by atoms with Crippen LogP contribution in [0.25, 0.3) is 0 Å². The van der Waals surface area contributed by atoms with E-state index in [-0.39, 0.29) is 11.9 Å². The Morgan fingerprint density at radius 2 is 1.71 bits per heavy atom. The van der Waals surface area contributed by atoms with Crippen LogP contribution in [-0.2, 0) is 11.3 Å². The van der Waals surface area contributed by atoms with Gasteiger partial charge in [-0.25, -0.2) is 0 Å². The van der Waals surface area contributed by atoms with Gasteiger partial charge in [-0.2, -0.15) is 0 Å². The van der Waals surface area contributed by atoms with Crippen molar-refractivity contribution >= 4 is 5.91 Å². The minimum absolute atomic E-state index is 0.0908. The van der Waals surface area contributed by atoms with Crippen molar-refractivity contribution in [3.05, 3.63) is 17.7 Å². The number of benzene rings is 1. The van der Waals surface area contributed by atoms with Gasteiger partial charge in [0.05, 0.1) is 27.4 Å². The van der Waals surface area contributed by atoms with Crippen molar-refractivity contribution in [2.75, 3.05) is 47.5 Å². The molecule has 1 heterocycles. The van der Waals surface area contributed by atoms with Crippen molar-refractivity contribution in [2.24, 2.45) is 5.92 Å². The van der Waals surface area contributed by atoms with Crippen LogP contribution in [0.4, 0.5) is 0 Å². The summed E-state index contributed by atoms with van der Waals surface area (Å²) in [6.07, 6.45) is 4.84. The van der Waals surface area contributed by atoms with E-state index in [0.717, 1.165) is 50.5 Å². The first-order chi connectivity index (χ1) is 15.0. The first kappa shape index (κ1) is 23.7. The van der Waals surface area contributed by atoms with Crippen molar-refractivity contribution in [3.63, 3.8) is 0 Å². The summed E-state index contributed by atoms with van der Waals surface area (Å²) in [5.41, 5.74) is 1.07. The van der Waals surface area contributed by atoms with Gasteiger partial charge in [0.25, 0.3) is 0 Å². The number of carbonyl (C=O) groups excluding carboxylic acids is 1. The molecule has 1 aliphatic carbocycles. The predicted octanol–water partition coefficient (Wildman–Crippen LogP) is 2.91. The fraction of sp³-hybridized carbons (Fsp3) is 0.708. The number of hydrogen-bond acceptors (Lipinski definition) is 6. The van der Waals surface area contributed by atoms with Crippen LogP contribution in [0.15, 0.2) is 12.1 Å². The normalized spacial score (nSPS) is 23.8. The van der Waals surface area contributed by atoms with E-state index in [0.29, 0.717) is 23.5 Å². The molecule has 1 amide bonds. The summed E-state index contributed by atoms with van der Waals surface area (Å²) in [6, 6.07) is 4.20. The lowest BCUT2D eigenvalue weighted by molar-refractivity contribution is -0.127. The summed E-state index contributed by atoms with van der Waals surface area (Å²) in [4.78, 5) is 17.5. The van der Waals surface area contributed by atoms with Gasteiger partial charge in [-0.1, -0.05) is 25.8 Å². The fourth-order valence-electron chi connectivity index (χ4n) is 4.84. The lowest BCUT2D eigenvalue weighted by atomic mass is 9.86. The molecule has 174 valence electrons. The molecule has 7 nitrogen and oxygen atoms in total. The molecule has 1 saturated carbocycles. The molecule has 1 aromatic carbocycles. The highest BCUT2D eigenvalue weighted by molar-refractivity contribution is 5.81. The van der Waals surface area contributed by atoms with Crippen LogP contribution in [-0.4, -0.2) is 75.3 Å². The standard InChI is InChI=1S/C24H39N3O4/c1-17-8-6-7-9-20(17)25-24(28)18(2)27-14-12-26(13-15-27)16-19-10-11-21(29-3)23(31-5)22(19)30-4/h10-11,17-18,20H,6-9,12-16H2,1-5H3,(H,25,28)/t17-,18-,20+/m1/s1. The second-order valence-corrected chi connectivity index (χ2v) is 8.86. The molecule has 0 radical (unpaired) electrons. The molecule has 2 fully saturated rings. The fourth-order valence-corrected chi connectivity index (χ4v) is 4.84. The van der Waals surface area contributed by atoms with Crippen LogP contribution < -0.4 is 19.5 Å². The Labute approximate surface area is 187 Å². The van der Waals surface area contributed by atoms with Crippen LogP contribution in [0, 0.1) is 5.92 Å². The summed E-state index contributed by atoms with van der Waals surface area (Å²) in [6.45, 7) is 8.65. The number of ether oxygens (including phenoxy) is 3. The van der Waals surface area contributed by atoms with E-state index in [4.69, 9.17) is 14.2 Å². The Morgan fingerprint density at radius 3 is 2.32 bits per heavy atom. The maximum Gasteiger partial charge on any atom is 0.237 e. The van der Waals surface area contributed by atoms with E-state index in [1.807, 2.05) is 19.1 Å². The number of carbonyl (C=O) groups is 1. The number of methoxy groups -OCH3 is 3. The third-order valence-electron chi connectivity index (χ3n) is 6.95. The van der Waals surface area contributed by atoms with Gasteiger partial charge in [-0.15, -0.1) is 0 Å². The van der Waals surface area contributed by atoms with Crippen molar-refractivity contribution in [2.45, 2.75) is 58.2 Å². The minimum Gasteiger partial charge on any atom is -0.493 e. The average molecular weight is 434 g/mol. The zero-order chi connectivity index (χ0) is 22.4. The van der Waals surface area contributed by atoms with Gasteiger partial charge < -0.3 is 19.5 Å². The molecule has 7 heteroatoms. The molecule has 2 aliphatic rings. The average Bonchev–Trinajstić information content (AvgIpc) is 2.80. The number of nitrogens with one attached hydrogen (secondary N) is 1. The molecular weight excluding hydrogens is 394 g/mol. The van der Waals surface area contributed by atoms with Gasteiger partial charge in [0.1, 0.15) is 0 Å². The molecule has 0 aromatic heterocycles. The van der Waals surface area contributed by atoms with Gasteiger partial charge in [-0.05, 0) is 31.7 Å². The van der Waals surface area contributed by atoms with E-state index in [1.54, 1.807) is 21.3 Å². The second kappa shape index (κ2) is 11.0. The number of rotatable bonds is 8. The summed E-state index contributed by atoms with van der Waals surface area (Å²) in [5.74, 6) is 2.77. The highest BCUT2D eigenvalue weighted by Crippen LogP contribution is 2.40. The van der Waals surface area contributed by atoms with Crippen LogP contribution in [0.3, 0.4) is 0 Å². The van der Waals surface area contributed by atoms with Crippen LogP contribution >= 0.6 is 0 Å². The molecule has 1 aromatic rings. The molecule has 31 heavy (non-hydrogen) atoms. The van der Waals surface area contributed by atoms with Gasteiger partial charge in [-0.3, -0.25) is 14.6 Å². The topological polar surface area (TPSA) is 63.3 Å². The molecule has 1 aliphatic heterocycles. The SMILES string of the molecule is COc1ccc(CN2CCN([C@H](C)C(=O)N[C@H]3CCCC[C@H]3C)CC2)c(OC)c1OC. The Hall–Kier alpha value is -1.99. The Kier molecular flexibility index (Phi) is 8.43. The molecule has 1 saturated heterocycles. The molecule has 0 unspecified atom stereocenters. The third-order valence-corrected chi connectivity index (χ3v) is 6.95. The van der Waals surface area contributed by atoms with Crippen molar-refractivity contribution in [1.29, 1.82) is 0 Å². The molecule has 0 spiro atoms. The largest absolute Gasteiger partial charge is 0.493 e. The molecular formula is C24H39N3O4. The van der Waals surface area contributed by atoms with Gasteiger partial charge in [0, 0.05) is 44.3 Å². The van der Waals surface area contributed by atoms with E-state index < -0.39 is 0 Å². The van der Waals surface area contributed by atoms with Crippen molar-refractivity contribution in [3.8, 4) is 17.2 Å². The first-order valence-electron chi connectivity index (χ1n) is 11.5. The number of piperazine rings is 1. The maximum absolute atomic E-state index is 12.8. The van der Waals surface area contributed by atoms with E-state index >= 15 is 0 Å². The summed E-state index contributed by atoms with van der Waals surface area (Å²) in [5, 5.41) is 3.32. The Morgan fingerprint density at radius 1 is 1.03 bits per heavy atom. The molecule has 3 rings (SSSR count). The monoisotopic (exact) mass is 433 g/mol. The maximum atomic E-state index is 12.8. The lowest BCUT2D eigenvalue weighted by Gasteiger charge is -2.38. The first-order valence-corrected chi connectivity index (χ1v) is 11.5. The van der Waals surface area contributed by atoms with E-state index in [2.05, 4.69) is 22.0 Å². The van der Waals surface area contributed by atoms with Crippen molar-refractivity contribution in [1.82, 2.24) is 15.1 Å². The predicted molar refractivity (Wildman–Crippen MR) is 122 cm³/mol. The smallest absolute Gasteiger partial charge is 0.237 e. The highest BCUT2D eigenvalue weighted by atomic mass is 16.5. The number of amides is 1. The van der Waals surface area contributed by atoms with Crippen LogP contribution in [0.5, 0.6) is 17.2 Å². The lowest BCUT2D eigenvalue weighted by Crippen LogP contribution is -2.55. The summed E-state index contributed by atoms with van der Waals surface area (Å²) < 4.78 is 16.5. The Bertz CT molecular complexity index is 734. The van der Waals surface area contributed by atoms with Gasteiger partial charge in [0.15, 0.2) is 11.5 Å². The van der Waals surface area contributed by atoms with Crippen LogP contribution in [0.1, 0.15) is 45.1 Å². The number of nitrogens with zero attached hydrogens (tertiary/aromatic N) is 2. The van der Waals surface area contributed by atoms with Gasteiger partial charge >= 0.3 is 0 Å². The second-order valence-electron chi connectivity index (χ2n) is 8.86. The van der Waals surface area contributed by atoms with E-state index in [9.17, 15) is 4.79 Å². The van der Waals surface area contributed by atoms with Crippen molar-refractivity contribution < 1.29 is 19.0 Å². The number of hydrogen-bond donors (Lipinski definition) is 1. The molecule has 0 bridgehead atoms. The van der Waals surface area contributed by atoms with Gasteiger partial charge in [0.2, 0.25) is 11.7 Å². The van der Waals surface area contributed by atoms with Crippen LogP contribution in [0.2, 0.25) is 0 Å². The quantitative estimate of drug-likeness (QED) is 0.680.